The van der Waals surface area contributed by atoms with E-state index >= 15 is 0 Å². The number of phenols is 2. The van der Waals surface area contributed by atoms with Crippen molar-refractivity contribution in [2.45, 2.75) is 64.7 Å². The first-order valence-electron chi connectivity index (χ1n) is 10.9. The number of rotatable bonds is 16. The number of hydrogen-bond acceptors (Lipinski definition) is 4. The topological polar surface area (TPSA) is 87.0 Å². The summed E-state index contributed by atoms with van der Waals surface area (Å²) in [5, 5.41) is 18.8. The van der Waals surface area contributed by atoms with Crippen LogP contribution in [0.3, 0.4) is 0 Å². The molecule has 1 aromatic carbocycles. The molecule has 0 aliphatic rings. The van der Waals surface area contributed by atoms with Crippen LogP contribution in [0.5, 0.6) is 11.5 Å². The summed E-state index contributed by atoms with van der Waals surface area (Å²) in [6, 6.07) is 4.72. The van der Waals surface area contributed by atoms with Crippen molar-refractivity contribution in [2.75, 3.05) is 40.0 Å². The lowest BCUT2D eigenvalue weighted by molar-refractivity contribution is -0.890. The minimum Gasteiger partial charge on any atom is -0.504 e. The molecular formula is C22H41NO5P+. The molecule has 1 atom stereocenters. The molecule has 0 radical (unpaired) electrons. The van der Waals surface area contributed by atoms with Crippen molar-refractivity contribution in [1.82, 2.24) is 0 Å². The van der Waals surface area contributed by atoms with Gasteiger partial charge in [0.05, 0.1) is 26.8 Å². The fourth-order valence-corrected chi connectivity index (χ4v) is 4.41. The van der Waals surface area contributed by atoms with Crippen molar-refractivity contribution in [2.24, 2.45) is 0 Å². The molecule has 0 aliphatic heterocycles. The summed E-state index contributed by atoms with van der Waals surface area (Å²) in [7, 11) is 0.726. The number of benzene rings is 1. The SMILES string of the molecule is CCCCCCCC[N+](C)(C)CCOP(=O)(O)CCCCc1ccc(O)c(O)c1. The summed E-state index contributed by atoms with van der Waals surface area (Å²) in [6.07, 6.45) is 9.73. The summed E-state index contributed by atoms with van der Waals surface area (Å²) in [5.74, 6) is -0.278. The van der Waals surface area contributed by atoms with E-state index in [1.165, 1.54) is 50.7 Å². The zero-order valence-electron chi connectivity index (χ0n) is 18.5. The number of hydrogen-bond donors (Lipinski definition) is 3. The Morgan fingerprint density at radius 2 is 1.62 bits per heavy atom. The Morgan fingerprint density at radius 3 is 2.31 bits per heavy atom. The number of aryl methyl sites for hydroxylation is 1. The van der Waals surface area contributed by atoms with Crippen LogP contribution in [0.4, 0.5) is 0 Å². The smallest absolute Gasteiger partial charge is 0.328 e. The zero-order valence-corrected chi connectivity index (χ0v) is 19.4. The molecule has 0 amide bonds. The van der Waals surface area contributed by atoms with E-state index in [2.05, 4.69) is 21.0 Å². The minimum absolute atomic E-state index is 0.139. The molecule has 1 unspecified atom stereocenters. The van der Waals surface area contributed by atoms with E-state index in [4.69, 9.17) is 4.52 Å². The first-order chi connectivity index (χ1) is 13.7. The number of likely N-dealkylation sites (N-methyl/N-ethyl adjacent to an activating group) is 1. The first kappa shape index (κ1) is 26.0. The molecule has 0 saturated heterocycles. The Bertz CT molecular complexity index is 636. The fourth-order valence-electron chi connectivity index (χ4n) is 3.29. The molecule has 0 saturated carbocycles. The first-order valence-corrected chi connectivity index (χ1v) is 12.7. The van der Waals surface area contributed by atoms with Gasteiger partial charge in [-0.1, -0.05) is 38.7 Å². The van der Waals surface area contributed by atoms with Crippen LogP contribution in [0.2, 0.25) is 0 Å². The van der Waals surface area contributed by atoms with E-state index in [1.54, 1.807) is 6.07 Å². The van der Waals surface area contributed by atoms with Crippen LogP contribution in [0.15, 0.2) is 18.2 Å². The highest BCUT2D eigenvalue weighted by Crippen LogP contribution is 2.42. The number of unbranched alkanes of at least 4 members (excludes halogenated alkanes) is 6. The average Bonchev–Trinajstić information content (AvgIpc) is 2.64. The van der Waals surface area contributed by atoms with Crippen molar-refractivity contribution in [3.05, 3.63) is 23.8 Å². The van der Waals surface area contributed by atoms with Crippen molar-refractivity contribution in [3.63, 3.8) is 0 Å². The molecule has 0 aliphatic carbocycles. The van der Waals surface area contributed by atoms with Gasteiger partial charge >= 0.3 is 7.60 Å². The summed E-state index contributed by atoms with van der Waals surface area (Å²) in [4.78, 5) is 10.0. The second-order valence-electron chi connectivity index (χ2n) is 8.63. The Kier molecular flexibility index (Phi) is 11.9. The summed E-state index contributed by atoms with van der Waals surface area (Å²) in [6.45, 7) is 4.31. The summed E-state index contributed by atoms with van der Waals surface area (Å²) < 4.78 is 18.4. The van der Waals surface area contributed by atoms with E-state index in [0.717, 1.165) is 29.6 Å². The normalized spacial score (nSPS) is 14.1. The van der Waals surface area contributed by atoms with E-state index in [0.29, 0.717) is 19.4 Å². The molecule has 0 spiro atoms. The maximum absolute atomic E-state index is 12.2. The standard InChI is InChI=1S/C22H40NO5P/c1-4-5-6-7-8-10-15-23(2,3)16-17-28-29(26,27)18-11-9-12-20-13-14-21(24)22(25)19-20/h13-14,19H,4-12,15-18H2,1-3H3,(H2-,24,25,26,27)/p+1. The molecule has 0 fully saturated rings. The van der Waals surface area contributed by atoms with Crippen LogP contribution in [0.1, 0.15) is 63.9 Å². The quantitative estimate of drug-likeness (QED) is 0.148. The van der Waals surface area contributed by atoms with Gasteiger partial charge in [-0.3, -0.25) is 4.57 Å². The molecule has 0 bridgehead atoms. The molecule has 7 heteroatoms. The van der Waals surface area contributed by atoms with E-state index in [-0.39, 0.29) is 17.7 Å². The van der Waals surface area contributed by atoms with Crippen LogP contribution in [0, 0.1) is 0 Å². The minimum atomic E-state index is -3.56. The third-order valence-electron chi connectivity index (χ3n) is 5.30. The molecule has 6 nitrogen and oxygen atoms in total. The van der Waals surface area contributed by atoms with Gasteiger partial charge in [0.15, 0.2) is 11.5 Å². The van der Waals surface area contributed by atoms with E-state index in [9.17, 15) is 19.7 Å². The van der Waals surface area contributed by atoms with Crippen molar-refractivity contribution in [3.8, 4) is 11.5 Å². The number of nitrogens with zero attached hydrogens (tertiary/aromatic N) is 1. The van der Waals surface area contributed by atoms with Gasteiger partial charge in [-0.05, 0) is 49.8 Å². The van der Waals surface area contributed by atoms with Gasteiger partial charge in [-0.15, -0.1) is 0 Å². The van der Waals surface area contributed by atoms with Gasteiger partial charge in [-0.25, -0.2) is 0 Å². The summed E-state index contributed by atoms with van der Waals surface area (Å²) >= 11 is 0. The van der Waals surface area contributed by atoms with Crippen LogP contribution < -0.4 is 0 Å². The lowest BCUT2D eigenvalue weighted by Crippen LogP contribution is -2.42. The van der Waals surface area contributed by atoms with Crippen LogP contribution in [-0.2, 0) is 15.5 Å². The predicted octanol–water partition coefficient (Wildman–Crippen LogP) is 5.06. The van der Waals surface area contributed by atoms with Crippen LogP contribution >= 0.6 is 7.60 Å². The van der Waals surface area contributed by atoms with Crippen molar-refractivity contribution >= 4 is 7.60 Å². The Balaban J connectivity index is 2.18. The molecular weight excluding hydrogens is 389 g/mol. The predicted molar refractivity (Wildman–Crippen MR) is 119 cm³/mol. The second kappa shape index (κ2) is 13.3. The molecule has 3 N–H and O–H groups in total. The van der Waals surface area contributed by atoms with Crippen LogP contribution in [0.25, 0.3) is 0 Å². The lowest BCUT2D eigenvalue weighted by Gasteiger charge is -2.30. The average molecular weight is 431 g/mol. The van der Waals surface area contributed by atoms with Gasteiger partial charge < -0.3 is 24.1 Å². The third-order valence-corrected chi connectivity index (χ3v) is 6.77. The van der Waals surface area contributed by atoms with Gasteiger partial charge in [0.2, 0.25) is 0 Å². The number of aromatic hydroxyl groups is 2. The monoisotopic (exact) mass is 430 g/mol. The Morgan fingerprint density at radius 1 is 0.931 bits per heavy atom. The fraction of sp³-hybridized carbons (Fsp3) is 0.727. The zero-order chi connectivity index (χ0) is 21.8. The number of phenolic OH excluding ortho intramolecular Hbond substituents is 2. The second-order valence-corrected chi connectivity index (χ2v) is 10.6. The van der Waals surface area contributed by atoms with Crippen molar-refractivity contribution in [1.29, 1.82) is 0 Å². The van der Waals surface area contributed by atoms with E-state index < -0.39 is 7.60 Å². The molecule has 29 heavy (non-hydrogen) atoms. The van der Waals surface area contributed by atoms with E-state index in [1.807, 2.05) is 0 Å². The molecule has 1 rings (SSSR count). The molecule has 1 aromatic rings. The van der Waals surface area contributed by atoms with Gasteiger partial charge in [0, 0.05) is 0 Å². The third kappa shape index (κ3) is 12.3. The van der Waals surface area contributed by atoms with Gasteiger partial charge in [0.1, 0.15) is 13.2 Å². The molecule has 0 aromatic heterocycles. The molecule has 168 valence electrons. The van der Waals surface area contributed by atoms with Gasteiger partial charge in [-0.2, -0.15) is 0 Å². The highest BCUT2D eigenvalue weighted by atomic mass is 31.2. The van der Waals surface area contributed by atoms with Gasteiger partial charge in [0.25, 0.3) is 0 Å². The Labute approximate surface area is 176 Å². The van der Waals surface area contributed by atoms with Crippen LogP contribution in [-0.4, -0.2) is 59.5 Å². The van der Waals surface area contributed by atoms with Crippen molar-refractivity contribution < 1.29 is 28.7 Å². The molecule has 0 heterocycles. The lowest BCUT2D eigenvalue weighted by atomic mass is 10.1. The summed E-state index contributed by atoms with van der Waals surface area (Å²) in [5.41, 5.74) is 0.891. The maximum atomic E-state index is 12.2. The highest BCUT2D eigenvalue weighted by Gasteiger charge is 2.21. The largest absolute Gasteiger partial charge is 0.504 e. The Hall–Kier alpha value is -1.07. The highest BCUT2D eigenvalue weighted by molar-refractivity contribution is 7.52. The number of quaternary nitrogens is 1. The maximum Gasteiger partial charge on any atom is 0.328 e.